The first kappa shape index (κ1) is 12.4. The fourth-order valence-electron chi connectivity index (χ4n) is 1.75. The Kier molecular flexibility index (Phi) is 3.50. The standard InChI is InChI=1S/C11H13FN4O2/c1-2-6-9(12)10(14-5-13-6)15-7-3-4-8(17)16-11(7)18/h5,7H,2-4H2,1H3,(H,13,14,15)(H,16,17,18). The molecule has 6 nitrogen and oxygen atoms in total. The number of aromatic nitrogens is 2. The first-order valence-electron chi connectivity index (χ1n) is 5.71. The third-order valence-corrected chi connectivity index (χ3v) is 2.75. The highest BCUT2D eigenvalue weighted by atomic mass is 19.1. The first-order valence-corrected chi connectivity index (χ1v) is 5.71. The minimum atomic E-state index is -0.642. The van der Waals surface area contributed by atoms with E-state index in [0.717, 1.165) is 0 Å². The Morgan fingerprint density at radius 3 is 2.94 bits per heavy atom. The lowest BCUT2D eigenvalue weighted by Gasteiger charge is -2.22. The first-order chi connectivity index (χ1) is 8.61. The van der Waals surface area contributed by atoms with Crippen LogP contribution < -0.4 is 10.6 Å². The Balaban J connectivity index is 2.14. The minimum Gasteiger partial charge on any atom is -0.356 e. The topological polar surface area (TPSA) is 84.0 Å². The molecule has 1 saturated heterocycles. The number of anilines is 1. The van der Waals surface area contributed by atoms with Crippen LogP contribution in [-0.4, -0.2) is 27.8 Å². The van der Waals surface area contributed by atoms with Crippen molar-refractivity contribution in [2.75, 3.05) is 5.32 Å². The van der Waals surface area contributed by atoms with E-state index in [4.69, 9.17) is 0 Å². The van der Waals surface area contributed by atoms with Crippen LogP contribution >= 0.6 is 0 Å². The van der Waals surface area contributed by atoms with E-state index in [9.17, 15) is 14.0 Å². The third-order valence-electron chi connectivity index (χ3n) is 2.75. The van der Waals surface area contributed by atoms with Crippen LogP contribution in [0.25, 0.3) is 0 Å². The van der Waals surface area contributed by atoms with Crippen molar-refractivity contribution in [2.24, 2.45) is 0 Å². The zero-order valence-corrected chi connectivity index (χ0v) is 9.86. The van der Waals surface area contributed by atoms with Gasteiger partial charge in [0.05, 0.1) is 5.69 Å². The average Bonchev–Trinajstić information content (AvgIpc) is 2.35. The van der Waals surface area contributed by atoms with Crippen molar-refractivity contribution >= 4 is 17.6 Å². The monoisotopic (exact) mass is 252 g/mol. The lowest BCUT2D eigenvalue weighted by molar-refractivity contribution is -0.133. The van der Waals surface area contributed by atoms with Crippen LogP contribution in [-0.2, 0) is 16.0 Å². The SMILES string of the molecule is CCc1ncnc(NC2CCC(=O)NC2=O)c1F. The molecule has 0 aliphatic carbocycles. The summed E-state index contributed by atoms with van der Waals surface area (Å²) < 4.78 is 13.8. The van der Waals surface area contributed by atoms with E-state index in [0.29, 0.717) is 18.5 Å². The van der Waals surface area contributed by atoms with Gasteiger partial charge in [-0.1, -0.05) is 6.92 Å². The number of nitrogens with one attached hydrogen (secondary N) is 2. The zero-order chi connectivity index (χ0) is 13.1. The fraction of sp³-hybridized carbons (Fsp3) is 0.455. The molecule has 0 spiro atoms. The van der Waals surface area contributed by atoms with Gasteiger partial charge in [-0.25, -0.2) is 14.4 Å². The maximum atomic E-state index is 13.8. The lowest BCUT2D eigenvalue weighted by atomic mass is 10.1. The van der Waals surface area contributed by atoms with Gasteiger partial charge in [0.25, 0.3) is 0 Å². The molecule has 2 rings (SSSR count). The molecule has 1 fully saturated rings. The second-order valence-electron chi connectivity index (χ2n) is 3.98. The molecule has 18 heavy (non-hydrogen) atoms. The quantitative estimate of drug-likeness (QED) is 0.760. The normalized spacial score (nSPS) is 19.6. The van der Waals surface area contributed by atoms with Gasteiger partial charge in [0.2, 0.25) is 11.8 Å². The van der Waals surface area contributed by atoms with Crippen LogP contribution in [0.4, 0.5) is 10.2 Å². The number of imide groups is 1. The highest BCUT2D eigenvalue weighted by Crippen LogP contribution is 2.16. The van der Waals surface area contributed by atoms with Crippen LogP contribution in [0.1, 0.15) is 25.5 Å². The average molecular weight is 252 g/mol. The van der Waals surface area contributed by atoms with E-state index in [1.54, 1.807) is 6.92 Å². The van der Waals surface area contributed by atoms with E-state index in [1.165, 1.54) is 6.33 Å². The van der Waals surface area contributed by atoms with Crippen LogP contribution in [0.2, 0.25) is 0 Å². The molecule has 7 heteroatoms. The molecule has 2 N–H and O–H groups in total. The van der Waals surface area contributed by atoms with Gasteiger partial charge >= 0.3 is 0 Å². The molecule has 2 amide bonds. The summed E-state index contributed by atoms with van der Waals surface area (Å²) in [5, 5.41) is 4.90. The van der Waals surface area contributed by atoms with Gasteiger partial charge in [-0.3, -0.25) is 14.9 Å². The maximum Gasteiger partial charge on any atom is 0.249 e. The number of halogens is 1. The molecule has 1 aromatic heterocycles. The summed E-state index contributed by atoms with van der Waals surface area (Å²) in [4.78, 5) is 30.1. The van der Waals surface area contributed by atoms with E-state index < -0.39 is 17.8 Å². The van der Waals surface area contributed by atoms with Gasteiger partial charge in [0, 0.05) is 6.42 Å². The van der Waals surface area contributed by atoms with Crippen molar-refractivity contribution in [1.82, 2.24) is 15.3 Å². The molecule has 1 atom stereocenters. The van der Waals surface area contributed by atoms with Crippen molar-refractivity contribution in [1.29, 1.82) is 0 Å². The van der Waals surface area contributed by atoms with Gasteiger partial charge in [-0.05, 0) is 12.8 Å². The van der Waals surface area contributed by atoms with Crippen molar-refractivity contribution in [2.45, 2.75) is 32.2 Å². The summed E-state index contributed by atoms with van der Waals surface area (Å²) >= 11 is 0. The van der Waals surface area contributed by atoms with E-state index in [-0.39, 0.29) is 18.1 Å². The van der Waals surface area contributed by atoms with E-state index >= 15 is 0 Å². The number of rotatable bonds is 3. The van der Waals surface area contributed by atoms with E-state index in [2.05, 4.69) is 20.6 Å². The molecule has 96 valence electrons. The Morgan fingerprint density at radius 2 is 2.28 bits per heavy atom. The van der Waals surface area contributed by atoms with Gasteiger partial charge in [-0.2, -0.15) is 0 Å². The highest BCUT2D eigenvalue weighted by molar-refractivity contribution is 6.01. The van der Waals surface area contributed by atoms with Crippen molar-refractivity contribution < 1.29 is 14.0 Å². The highest BCUT2D eigenvalue weighted by Gasteiger charge is 2.27. The summed E-state index contributed by atoms with van der Waals surface area (Å²) in [5.74, 6) is -1.32. The second-order valence-corrected chi connectivity index (χ2v) is 3.98. The van der Waals surface area contributed by atoms with Crippen molar-refractivity contribution in [3.8, 4) is 0 Å². The smallest absolute Gasteiger partial charge is 0.249 e. The maximum absolute atomic E-state index is 13.8. The van der Waals surface area contributed by atoms with Gasteiger partial charge in [0.15, 0.2) is 11.6 Å². The Bertz CT molecular complexity index is 492. The molecule has 1 aliphatic rings. The molecule has 0 aromatic carbocycles. The summed E-state index contributed by atoms with van der Waals surface area (Å²) in [6.45, 7) is 1.78. The van der Waals surface area contributed by atoms with Crippen LogP contribution in [0.3, 0.4) is 0 Å². The number of piperidine rings is 1. The largest absolute Gasteiger partial charge is 0.356 e. The molecule has 0 radical (unpaired) electrons. The zero-order valence-electron chi connectivity index (χ0n) is 9.86. The summed E-state index contributed by atoms with van der Waals surface area (Å²) in [6.07, 6.45) is 2.25. The predicted octanol–water partition coefficient (Wildman–Crippen LogP) is 0.395. The fourth-order valence-corrected chi connectivity index (χ4v) is 1.75. The summed E-state index contributed by atoms with van der Waals surface area (Å²) in [6, 6.07) is -0.642. The van der Waals surface area contributed by atoms with Crippen LogP contribution in [0.5, 0.6) is 0 Å². The Hall–Kier alpha value is -2.05. The number of nitrogens with zero attached hydrogens (tertiary/aromatic N) is 2. The molecule has 1 aromatic rings. The number of amides is 2. The number of hydrogen-bond donors (Lipinski definition) is 2. The van der Waals surface area contributed by atoms with Crippen molar-refractivity contribution in [3.63, 3.8) is 0 Å². The van der Waals surface area contributed by atoms with E-state index in [1.807, 2.05) is 0 Å². The Labute approximate surface area is 103 Å². The van der Waals surface area contributed by atoms with Gasteiger partial charge in [-0.15, -0.1) is 0 Å². The molecular weight excluding hydrogens is 239 g/mol. The van der Waals surface area contributed by atoms with Crippen LogP contribution in [0, 0.1) is 5.82 Å². The Morgan fingerprint density at radius 1 is 1.50 bits per heavy atom. The minimum absolute atomic E-state index is 0.00338. The molecule has 0 bridgehead atoms. The number of aryl methyl sites for hydroxylation is 1. The summed E-state index contributed by atoms with van der Waals surface area (Å²) in [5.41, 5.74) is 0.291. The predicted molar refractivity (Wildman–Crippen MR) is 61.2 cm³/mol. The summed E-state index contributed by atoms with van der Waals surface area (Å²) in [7, 11) is 0. The number of carbonyl (C=O) groups excluding carboxylic acids is 2. The number of hydrogen-bond acceptors (Lipinski definition) is 5. The molecule has 0 saturated carbocycles. The molecule has 1 unspecified atom stereocenters. The number of carbonyl (C=O) groups is 2. The molecule has 1 aliphatic heterocycles. The molecule has 2 heterocycles. The lowest BCUT2D eigenvalue weighted by Crippen LogP contribution is -2.47. The van der Waals surface area contributed by atoms with Crippen LogP contribution in [0.15, 0.2) is 6.33 Å². The third kappa shape index (κ3) is 2.44. The van der Waals surface area contributed by atoms with Gasteiger partial charge < -0.3 is 5.32 Å². The second kappa shape index (κ2) is 5.07. The molecular formula is C11H13FN4O2. The van der Waals surface area contributed by atoms with Crippen molar-refractivity contribution in [3.05, 3.63) is 17.8 Å². The van der Waals surface area contributed by atoms with Gasteiger partial charge in [0.1, 0.15) is 12.4 Å².